The Kier molecular flexibility index (Phi) is 11.7. The highest BCUT2D eigenvalue weighted by Crippen LogP contribution is 2.42. The lowest BCUT2D eigenvalue weighted by molar-refractivity contribution is -0.124. The summed E-state index contributed by atoms with van der Waals surface area (Å²) < 4.78 is 43.5. The maximum Gasteiger partial charge on any atom is 0.270 e. The molecule has 2 aromatic rings. The molecule has 11 heteroatoms. The van der Waals surface area contributed by atoms with E-state index in [2.05, 4.69) is 21.0 Å². The van der Waals surface area contributed by atoms with Crippen molar-refractivity contribution in [1.29, 1.82) is 0 Å². The molecule has 2 saturated carbocycles. The van der Waals surface area contributed by atoms with Crippen LogP contribution in [-0.4, -0.2) is 46.0 Å². The first-order valence-electron chi connectivity index (χ1n) is 16.5. The molecule has 0 radical (unpaired) electrons. The van der Waals surface area contributed by atoms with E-state index < -0.39 is 48.0 Å². The van der Waals surface area contributed by atoms with Crippen molar-refractivity contribution in [3.8, 4) is 0 Å². The Morgan fingerprint density at radius 2 is 1.53 bits per heavy atom. The van der Waals surface area contributed by atoms with Crippen LogP contribution in [0.3, 0.4) is 0 Å². The molecule has 0 bridgehead atoms. The zero-order chi connectivity index (χ0) is 32.7. The Morgan fingerprint density at radius 1 is 0.933 bits per heavy atom. The number of carbonyl (C=O) groups is 3. The molecule has 0 saturated heterocycles. The lowest BCUT2D eigenvalue weighted by atomic mass is 9.66. The van der Waals surface area contributed by atoms with E-state index in [1.807, 2.05) is 13.8 Å². The average Bonchev–Trinajstić information content (AvgIpc) is 3.52. The second-order valence-corrected chi connectivity index (χ2v) is 13.3. The van der Waals surface area contributed by atoms with Crippen molar-refractivity contribution >= 4 is 23.4 Å². The van der Waals surface area contributed by atoms with Gasteiger partial charge in [-0.2, -0.15) is 5.10 Å². The minimum atomic E-state index is -3.07. The molecule has 0 aliphatic heterocycles. The van der Waals surface area contributed by atoms with Gasteiger partial charge in [0.25, 0.3) is 11.8 Å². The van der Waals surface area contributed by atoms with Gasteiger partial charge in [0, 0.05) is 19.2 Å². The zero-order valence-electron chi connectivity index (χ0n) is 26.9. The lowest BCUT2D eigenvalue weighted by Crippen LogP contribution is -2.53. The number of hydrogen-bond donors (Lipinski definition) is 3. The number of amides is 3. The summed E-state index contributed by atoms with van der Waals surface area (Å²) in [5.41, 5.74) is 0.572. The fraction of sp³-hybridized carbons (Fsp3) is 0.647. The van der Waals surface area contributed by atoms with Crippen LogP contribution < -0.4 is 16.0 Å². The summed E-state index contributed by atoms with van der Waals surface area (Å²) >= 11 is 0. The molecule has 1 aromatic carbocycles. The molecule has 4 rings (SSSR count). The number of alkyl halides is 2. The van der Waals surface area contributed by atoms with Crippen LogP contribution in [0.1, 0.15) is 120 Å². The van der Waals surface area contributed by atoms with Gasteiger partial charge in [-0.3, -0.25) is 19.1 Å². The number of rotatable bonds is 12. The Hall–Kier alpha value is -3.37. The molecule has 2 aliphatic rings. The van der Waals surface area contributed by atoms with Gasteiger partial charge >= 0.3 is 0 Å². The highest BCUT2D eigenvalue weighted by molar-refractivity contribution is 6.01. The molecule has 1 heterocycles. The maximum absolute atomic E-state index is 15.4. The molecule has 2 aliphatic carbocycles. The normalized spacial score (nSPS) is 18.1. The minimum Gasteiger partial charge on any atom is -0.350 e. The molecule has 2 fully saturated rings. The van der Waals surface area contributed by atoms with Crippen molar-refractivity contribution in [2.45, 2.75) is 116 Å². The van der Waals surface area contributed by atoms with Crippen LogP contribution in [0.2, 0.25) is 0 Å². The third kappa shape index (κ3) is 9.10. The van der Waals surface area contributed by atoms with Crippen LogP contribution in [0.4, 0.5) is 18.9 Å². The molecule has 1 aromatic heterocycles. The lowest BCUT2D eigenvalue weighted by Gasteiger charge is -2.42. The molecule has 0 spiro atoms. The number of carbonyl (C=O) groups excluding carboxylic acids is 3. The summed E-state index contributed by atoms with van der Waals surface area (Å²) in [4.78, 5) is 40.3. The number of hydrogen-bond acceptors (Lipinski definition) is 4. The molecule has 45 heavy (non-hydrogen) atoms. The topological polar surface area (TPSA) is 105 Å². The Morgan fingerprint density at radius 3 is 2.07 bits per heavy atom. The van der Waals surface area contributed by atoms with E-state index >= 15 is 4.39 Å². The third-order valence-corrected chi connectivity index (χ3v) is 9.45. The minimum absolute atomic E-state index is 0.0592. The van der Waals surface area contributed by atoms with Crippen molar-refractivity contribution in [2.24, 2.45) is 17.8 Å². The monoisotopic (exact) mass is 631 g/mol. The standard InChI is InChI=1S/C34H48F3N5O3/c1-21(2)42-28(17-18-39-42)32(44)41-30(29(23-11-7-5-8-12-23)24-13-9-6-10-14-24)33(45)40-27-16-15-25(19-26(27)35)22(3)31(43)38-20-34(4,36)37/h15-19,21-24,29-30H,5-14,20H2,1-4H3,(H,38,43)(H,40,45)(H,41,44). The average molecular weight is 632 g/mol. The van der Waals surface area contributed by atoms with Gasteiger partial charge in [-0.15, -0.1) is 0 Å². The van der Waals surface area contributed by atoms with Crippen molar-refractivity contribution < 1.29 is 27.6 Å². The second-order valence-electron chi connectivity index (χ2n) is 13.3. The maximum atomic E-state index is 15.4. The van der Waals surface area contributed by atoms with Crippen LogP contribution in [0.15, 0.2) is 30.5 Å². The third-order valence-electron chi connectivity index (χ3n) is 9.45. The van der Waals surface area contributed by atoms with Crippen molar-refractivity contribution in [1.82, 2.24) is 20.4 Å². The fourth-order valence-corrected chi connectivity index (χ4v) is 7.08. The molecule has 3 amide bonds. The number of anilines is 1. The quantitative estimate of drug-likeness (QED) is 0.235. The van der Waals surface area contributed by atoms with Gasteiger partial charge in [0.2, 0.25) is 11.8 Å². The molecule has 248 valence electrons. The predicted octanol–water partition coefficient (Wildman–Crippen LogP) is 6.99. The second kappa shape index (κ2) is 15.3. The summed E-state index contributed by atoms with van der Waals surface area (Å²) in [6.07, 6.45) is 12.1. The fourth-order valence-electron chi connectivity index (χ4n) is 7.08. The predicted molar refractivity (Wildman–Crippen MR) is 168 cm³/mol. The van der Waals surface area contributed by atoms with Gasteiger partial charge < -0.3 is 16.0 Å². The molecule has 2 unspecified atom stereocenters. The number of nitrogens with zero attached hydrogens (tertiary/aromatic N) is 2. The summed E-state index contributed by atoms with van der Waals surface area (Å²) in [6, 6.07) is 4.71. The first-order valence-corrected chi connectivity index (χ1v) is 16.5. The Balaban J connectivity index is 1.61. The van der Waals surface area contributed by atoms with Crippen molar-refractivity contribution in [3.05, 3.63) is 47.5 Å². The van der Waals surface area contributed by atoms with E-state index in [-0.39, 0.29) is 35.0 Å². The Bertz CT molecular complexity index is 1290. The molecule has 3 N–H and O–H groups in total. The van der Waals surface area contributed by atoms with Gasteiger partial charge in [-0.25, -0.2) is 13.2 Å². The zero-order valence-corrected chi connectivity index (χ0v) is 26.9. The van der Waals surface area contributed by atoms with Gasteiger partial charge in [0.05, 0.1) is 18.2 Å². The van der Waals surface area contributed by atoms with Crippen LogP contribution >= 0.6 is 0 Å². The van der Waals surface area contributed by atoms with E-state index in [4.69, 9.17) is 0 Å². The highest BCUT2D eigenvalue weighted by Gasteiger charge is 2.41. The Labute approximate surface area is 264 Å². The van der Waals surface area contributed by atoms with Gasteiger partial charge in [0.15, 0.2) is 0 Å². The van der Waals surface area contributed by atoms with E-state index in [0.29, 0.717) is 12.6 Å². The van der Waals surface area contributed by atoms with Crippen LogP contribution in [-0.2, 0) is 9.59 Å². The highest BCUT2D eigenvalue weighted by atomic mass is 19.3. The van der Waals surface area contributed by atoms with Gasteiger partial charge in [-0.1, -0.05) is 70.3 Å². The molecular formula is C34H48F3N5O3. The van der Waals surface area contributed by atoms with Crippen LogP contribution in [0.25, 0.3) is 0 Å². The SMILES string of the molecule is CC(C(=O)NCC(C)(F)F)c1ccc(NC(=O)C(NC(=O)c2ccnn2C(C)C)C(C2CCCCC2)C2CCCCC2)c(F)c1. The van der Waals surface area contributed by atoms with Crippen LogP contribution in [0, 0.1) is 23.6 Å². The summed E-state index contributed by atoms with van der Waals surface area (Å²) in [7, 11) is 0. The van der Waals surface area contributed by atoms with E-state index in [9.17, 15) is 23.2 Å². The van der Waals surface area contributed by atoms with E-state index in [0.717, 1.165) is 70.3 Å². The van der Waals surface area contributed by atoms with Gasteiger partial charge in [-0.05, 0) is 62.3 Å². The number of nitrogens with one attached hydrogen (secondary N) is 3. The summed E-state index contributed by atoms with van der Waals surface area (Å²) in [6.45, 7) is 5.24. The van der Waals surface area contributed by atoms with Crippen LogP contribution in [0.5, 0.6) is 0 Å². The van der Waals surface area contributed by atoms with Gasteiger partial charge in [0.1, 0.15) is 17.6 Å². The summed E-state index contributed by atoms with van der Waals surface area (Å²) in [5.74, 6) is -5.82. The van der Waals surface area contributed by atoms with E-state index in [1.54, 1.807) is 16.9 Å². The van der Waals surface area contributed by atoms with Crippen molar-refractivity contribution in [2.75, 3.05) is 11.9 Å². The van der Waals surface area contributed by atoms with Crippen molar-refractivity contribution in [3.63, 3.8) is 0 Å². The first kappa shape index (κ1) is 34.5. The number of aromatic nitrogens is 2. The molecule has 8 nitrogen and oxygen atoms in total. The molecule has 2 atom stereocenters. The summed E-state index contributed by atoms with van der Waals surface area (Å²) in [5, 5.41) is 12.3. The smallest absolute Gasteiger partial charge is 0.270 e. The molecular weight excluding hydrogens is 583 g/mol. The number of benzene rings is 1. The van der Waals surface area contributed by atoms with E-state index in [1.165, 1.54) is 19.1 Å². The largest absolute Gasteiger partial charge is 0.350 e. The number of halogens is 3. The first-order chi connectivity index (χ1) is 21.4.